The largest absolute Gasteiger partial charge is 0.478 e. The summed E-state index contributed by atoms with van der Waals surface area (Å²) in [6.45, 7) is 2.37. The van der Waals surface area contributed by atoms with E-state index < -0.39 is 11.9 Å². The van der Waals surface area contributed by atoms with Crippen molar-refractivity contribution in [1.29, 1.82) is 0 Å². The van der Waals surface area contributed by atoms with E-state index in [2.05, 4.69) is 15.3 Å². The molecular formula is C13H12FN3O2. The zero-order valence-corrected chi connectivity index (χ0v) is 10.3. The zero-order chi connectivity index (χ0) is 13.7. The van der Waals surface area contributed by atoms with E-state index in [4.69, 9.17) is 4.74 Å². The summed E-state index contributed by atoms with van der Waals surface area (Å²) >= 11 is 0. The maximum atomic E-state index is 12.9. The Morgan fingerprint density at radius 2 is 2.21 bits per heavy atom. The van der Waals surface area contributed by atoms with Gasteiger partial charge in [0.05, 0.1) is 18.5 Å². The number of aromatic nitrogens is 2. The van der Waals surface area contributed by atoms with Crippen molar-refractivity contribution in [2.45, 2.75) is 6.92 Å². The van der Waals surface area contributed by atoms with Gasteiger partial charge in [-0.05, 0) is 25.1 Å². The van der Waals surface area contributed by atoms with Crippen molar-refractivity contribution in [2.75, 3.05) is 11.9 Å². The Morgan fingerprint density at radius 3 is 2.84 bits per heavy atom. The Morgan fingerprint density at radius 1 is 1.37 bits per heavy atom. The van der Waals surface area contributed by atoms with E-state index in [1.165, 1.54) is 24.4 Å². The van der Waals surface area contributed by atoms with Crippen LogP contribution in [0.25, 0.3) is 0 Å². The molecule has 0 aliphatic heterocycles. The average Bonchev–Trinajstić information content (AvgIpc) is 2.41. The van der Waals surface area contributed by atoms with Gasteiger partial charge in [-0.25, -0.2) is 9.97 Å². The molecule has 2 aromatic rings. The highest BCUT2D eigenvalue weighted by Gasteiger charge is 2.08. The molecule has 2 heterocycles. The summed E-state index contributed by atoms with van der Waals surface area (Å²) in [5.74, 6) is -0.715. The van der Waals surface area contributed by atoms with Crippen LogP contribution in [0.5, 0.6) is 5.88 Å². The molecule has 0 atom stereocenters. The number of rotatable bonds is 4. The summed E-state index contributed by atoms with van der Waals surface area (Å²) in [7, 11) is 0. The SMILES string of the molecule is CCOc1ccc(NC(=O)c2cccc(F)n2)cn1. The van der Waals surface area contributed by atoms with Crippen molar-refractivity contribution in [2.24, 2.45) is 0 Å². The molecule has 1 N–H and O–H groups in total. The summed E-state index contributed by atoms with van der Waals surface area (Å²) in [4.78, 5) is 19.3. The van der Waals surface area contributed by atoms with Gasteiger partial charge in [0.1, 0.15) is 5.69 Å². The second kappa shape index (κ2) is 5.90. The molecule has 0 radical (unpaired) electrons. The fourth-order valence-electron chi connectivity index (χ4n) is 1.42. The first-order chi connectivity index (χ1) is 9.19. The lowest BCUT2D eigenvalue weighted by atomic mass is 10.3. The first-order valence-electron chi connectivity index (χ1n) is 5.72. The van der Waals surface area contributed by atoms with Gasteiger partial charge in [-0.2, -0.15) is 4.39 Å². The summed E-state index contributed by atoms with van der Waals surface area (Å²) < 4.78 is 18.1. The molecule has 2 aromatic heterocycles. The summed E-state index contributed by atoms with van der Waals surface area (Å²) in [5.41, 5.74) is 0.494. The number of hydrogen-bond acceptors (Lipinski definition) is 4. The third-order valence-electron chi connectivity index (χ3n) is 2.23. The summed E-state index contributed by atoms with van der Waals surface area (Å²) in [6, 6.07) is 7.32. The number of hydrogen-bond donors (Lipinski definition) is 1. The van der Waals surface area contributed by atoms with Crippen LogP contribution in [0.1, 0.15) is 17.4 Å². The van der Waals surface area contributed by atoms with Crippen molar-refractivity contribution < 1.29 is 13.9 Å². The quantitative estimate of drug-likeness (QED) is 0.857. The number of nitrogens with zero attached hydrogens (tertiary/aromatic N) is 2. The average molecular weight is 261 g/mol. The zero-order valence-electron chi connectivity index (χ0n) is 10.3. The van der Waals surface area contributed by atoms with Crippen LogP contribution < -0.4 is 10.1 Å². The molecule has 2 rings (SSSR count). The topological polar surface area (TPSA) is 64.1 Å². The molecule has 6 heteroatoms. The lowest BCUT2D eigenvalue weighted by Crippen LogP contribution is -2.14. The van der Waals surface area contributed by atoms with Gasteiger partial charge in [-0.3, -0.25) is 4.79 Å². The molecular weight excluding hydrogens is 249 g/mol. The molecule has 19 heavy (non-hydrogen) atoms. The molecule has 98 valence electrons. The first-order valence-corrected chi connectivity index (χ1v) is 5.72. The lowest BCUT2D eigenvalue weighted by molar-refractivity contribution is 0.102. The van der Waals surface area contributed by atoms with E-state index in [-0.39, 0.29) is 5.69 Å². The summed E-state index contributed by atoms with van der Waals surface area (Å²) in [5, 5.41) is 2.57. The predicted molar refractivity (Wildman–Crippen MR) is 67.6 cm³/mol. The predicted octanol–water partition coefficient (Wildman–Crippen LogP) is 2.27. The maximum absolute atomic E-state index is 12.9. The Bertz CT molecular complexity index is 572. The van der Waals surface area contributed by atoms with Gasteiger partial charge in [0.25, 0.3) is 5.91 Å². The summed E-state index contributed by atoms with van der Waals surface area (Å²) in [6.07, 6.45) is 1.46. The van der Waals surface area contributed by atoms with Crippen LogP contribution in [0.15, 0.2) is 36.5 Å². The molecule has 0 aromatic carbocycles. The van der Waals surface area contributed by atoms with Crippen LogP contribution in [0.4, 0.5) is 10.1 Å². The Hall–Kier alpha value is -2.50. The monoisotopic (exact) mass is 261 g/mol. The van der Waals surface area contributed by atoms with E-state index in [1.54, 1.807) is 12.1 Å². The minimum absolute atomic E-state index is 0.00823. The number of halogens is 1. The van der Waals surface area contributed by atoms with Crippen molar-refractivity contribution in [1.82, 2.24) is 9.97 Å². The van der Waals surface area contributed by atoms with Gasteiger partial charge in [0.15, 0.2) is 0 Å². The molecule has 0 spiro atoms. The van der Waals surface area contributed by atoms with Crippen molar-refractivity contribution >= 4 is 11.6 Å². The molecule has 1 amide bonds. The number of carbonyl (C=O) groups excluding carboxylic acids is 1. The van der Waals surface area contributed by atoms with E-state index in [0.717, 1.165) is 0 Å². The number of anilines is 1. The highest BCUT2D eigenvalue weighted by Crippen LogP contribution is 2.12. The fraction of sp³-hybridized carbons (Fsp3) is 0.154. The molecule has 0 aliphatic rings. The number of pyridine rings is 2. The van der Waals surface area contributed by atoms with Crippen molar-refractivity contribution in [3.8, 4) is 5.88 Å². The molecule has 0 saturated heterocycles. The number of nitrogens with one attached hydrogen (secondary N) is 1. The third-order valence-corrected chi connectivity index (χ3v) is 2.23. The van der Waals surface area contributed by atoms with Crippen molar-refractivity contribution in [3.05, 3.63) is 48.2 Å². The second-order valence-corrected chi connectivity index (χ2v) is 3.62. The van der Waals surface area contributed by atoms with E-state index >= 15 is 0 Å². The molecule has 0 saturated carbocycles. The maximum Gasteiger partial charge on any atom is 0.274 e. The molecule has 0 fully saturated rings. The van der Waals surface area contributed by atoms with Gasteiger partial charge in [0.2, 0.25) is 11.8 Å². The highest BCUT2D eigenvalue weighted by molar-refractivity contribution is 6.02. The van der Waals surface area contributed by atoms with Crippen LogP contribution in [0, 0.1) is 5.95 Å². The standard InChI is InChI=1S/C13H12FN3O2/c1-2-19-12-7-6-9(8-15-12)16-13(18)10-4-3-5-11(14)17-10/h3-8H,2H2,1H3,(H,16,18). The molecule has 5 nitrogen and oxygen atoms in total. The van der Waals surface area contributed by atoms with Gasteiger partial charge in [-0.1, -0.05) is 6.07 Å². The number of ether oxygens (including phenoxy) is 1. The Kier molecular flexibility index (Phi) is 4.02. The third kappa shape index (κ3) is 3.48. The molecule has 0 unspecified atom stereocenters. The molecule has 0 bridgehead atoms. The van der Waals surface area contributed by atoms with Crippen LogP contribution in [0.2, 0.25) is 0 Å². The van der Waals surface area contributed by atoms with E-state index in [0.29, 0.717) is 18.2 Å². The van der Waals surface area contributed by atoms with Gasteiger partial charge >= 0.3 is 0 Å². The van der Waals surface area contributed by atoms with E-state index in [9.17, 15) is 9.18 Å². The molecule has 0 aliphatic carbocycles. The Labute approximate surface area is 109 Å². The minimum atomic E-state index is -0.697. The van der Waals surface area contributed by atoms with Gasteiger partial charge in [-0.15, -0.1) is 0 Å². The van der Waals surface area contributed by atoms with Crippen LogP contribution >= 0.6 is 0 Å². The van der Waals surface area contributed by atoms with Gasteiger partial charge < -0.3 is 10.1 Å². The second-order valence-electron chi connectivity index (χ2n) is 3.62. The lowest BCUT2D eigenvalue weighted by Gasteiger charge is -2.05. The van der Waals surface area contributed by atoms with Crippen LogP contribution in [0.3, 0.4) is 0 Å². The Balaban J connectivity index is 2.06. The fourth-order valence-corrected chi connectivity index (χ4v) is 1.42. The van der Waals surface area contributed by atoms with E-state index in [1.807, 2.05) is 6.92 Å². The number of amides is 1. The minimum Gasteiger partial charge on any atom is -0.478 e. The van der Waals surface area contributed by atoms with Crippen LogP contribution in [-0.4, -0.2) is 22.5 Å². The first kappa shape index (κ1) is 12.9. The van der Waals surface area contributed by atoms with Crippen LogP contribution in [-0.2, 0) is 0 Å². The normalized spacial score (nSPS) is 10.0. The van der Waals surface area contributed by atoms with Crippen molar-refractivity contribution in [3.63, 3.8) is 0 Å². The smallest absolute Gasteiger partial charge is 0.274 e. The number of carbonyl (C=O) groups is 1. The highest BCUT2D eigenvalue weighted by atomic mass is 19.1. The van der Waals surface area contributed by atoms with Gasteiger partial charge in [0, 0.05) is 6.07 Å².